The Balaban J connectivity index is 1.46. The lowest BCUT2D eigenvalue weighted by atomic mass is 9.80. The fourth-order valence-electron chi connectivity index (χ4n) is 5.67. The van der Waals surface area contributed by atoms with E-state index in [1.165, 1.54) is 37.7 Å². The first kappa shape index (κ1) is 27.0. The van der Waals surface area contributed by atoms with E-state index in [0.717, 1.165) is 51.4 Å². The Morgan fingerprint density at radius 3 is 2.53 bits per heavy atom. The molecule has 1 heterocycles. The molecule has 2 bridgehead atoms. The first-order chi connectivity index (χ1) is 16.7. The zero-order chi connectivity index (χ0) is 24.0. The van der Waals surface area contributed by atoms with Crippen LogP contribution in [0, 0.1) is 11.8 Å². The van der Waals surface area contributed by atoms with E-state index < -0.39 is 0 Å². The van der Waals surface area contributed by atoms with Gasteiger partial charge in [-0.25, -0.2) is 0 Å². The Bertz CT molecular complexity index is 725. The number of allylic oxidation sites excluding steroid dienone is 2. The van der Waals surface area contributed by atoms with E-state index in [4.69, 9.17) is 9.31 Å². The third-order valence-electron chi connectivity index (χ3n) is 7.50. The van der Waals surface area contributed by atoms with E-state index >= 15 is 0 Å². The van der Waals surface area contributed by atoms with E-state index in [1.54, 1.807) is 0 Å². The molecule has 1 N–H and O–H groups in total. The Hall–Kier alpha value is -1.59. The zero-order valence-corrected chi connectivity index (χ0v) is 21.6. The highest BCUT2D eigenvalue weighted by atomic mass is 16.6. The topological polar surface area (TPSA) is 47.6 Å². The molecule has 1 aliphatic heterocycles. The van der Waals surface area contributed by atoms with E-state index in [2.05, 4.69) is 54.7 Å². The standard InChI is InChI=1S/C29H46BNO3/c1-3-5-22-30-33-27-23-28(34-30)26(20-14-9-12-18-24-16-10-8-11-17-24)25(27)19-13-6-7-15-21-29(32)31-4-2/h8-11,14,16-17,25-28H,3-7,12-13,15,18-23H2,1-2H3,(H,31,32)/b14-9+/t25-,26-,27+,28?/m1/s1. The fraction of sp³-hybridized carbons (Fsp3) is 0.690. The normalized spacial score (nSPS) is 24.1. The summed E-state index contributed by atoms with van der Waals surface area (Å²) in [6, 6.07) is 10.7. The molecule has 0 aromatic heterocycles. The number of hydrogen-bond acceptors (Lipinski definition) is 3. The van der Waals surface area contributed by atoms with E-state index in [9.17, 15) is 4.79 Å². The van der Waals surface area contributed by atoms with Crippen molar-refractivity contribution in [2.24, 2.45) is 11.8 Å². The number of rotatable bonds is 16. The molecule has 1 saturated carbocycles. The second kappa shape index (κ2) is 15.4. The molecular weight excluding hydrogens is 421 g/mol. The fourth-order valence-corrected chi connectivity index (χ4v) is 5.67. The lowest BCUT2D eigenvalue weighted by Crippen LogP contribution is -2.37. The van der Waals surface area contributed by atoms with Crippen LogP contribution in [0.5, 0.6) is 0 Å². The van der Waals surface area contributed by atoms with Crippen LogP contribution in [0.2, 0.25) is 6.32 Å². The monoisotopic (exact) mass is 467 g/mol. The summed E-state index contributed by atoms with van der Waals surface area (Å²) in [5.41, 5.74) is 1.41. The molecule has 3 rings (SSSR count). The molecule has 4 atom stereocenters. The Kier molecular flexibility index (Phi) is 12.2. The maximum atomic E-state index is 11.6. The Morgan fingerprint density at radius 1 is 1.00 bits per heavy atom. The van der Waals surface area contributed by atoms with Gasteiger partial charge in [0.1, 0.15) is 0 Å². The van der Waals surface area contributed by atoms with Crippen molar-refractivity contribution in [2.75, 3.05) is 6.54 Å². The lowest BCUT2D eigenvalue weighted by Gasteiger charge is -2.28. The minimum absolute atomic E-state index is 0.00432. The van der Waals surface area contributed by atoms with Crippen LogP contribution < -0.4 is 5.32 Å². The van der Waals surface area contributed by atoms with E-state index in [0.29, 0.717) is 30.5 Å². The molecule has 1 amide bonds. The number of benzene rings is 1. The first-order valence-electron chi connectivity index (χ1n) is 14.0. The van der Waals surface area contributed by atoms with Crippen LogP contribution in [0.15, 0.2) is 42.5 Å². The van der Waals surface area contributed by atoms with Crippen molar-refractivity contribution in [1.82, 2.24) is 5.32 Å². The predicted molar refractivity (Wildman–Crippen MR) is 142 cm³/mol. The van der Waals surface area contributed by atoms with Crippen molar-refractivity contribution >= 4 is 13.0 Å². The van der Waals surface area contributed by atoms with Gasteiger partial charge in [-0.1, -0.05) is 81.5 Å². The summed E-state index contributed by atoms with van der Waals surface area (Å²) in [5, 5.41) is 2.89. The highest BCUT2D eigenvalue weighted by molar-refractivity contribution is 6.44. The molecule has 5 heteroatoms. The van der Waals surface area contributed by atoms with Crippen LogP contribution in [-0.2, 0) is 20.5 Å². The maximum absolute atomic E-state index is 11.6. The summed E-state index contributed by atoms with van der Waals surface area (Å²) in [7, 11) is -0.00432. The quantitative estimate of drug-likeness (QED) is 0.166. The van der Waals surface area contributed by atoms with Crippen molar-refractivity contribution in [3.05, 3.63) is 48.0 Å². The summed E-state index contributed by atoms with van der Waals surface area (Å²) in [6.45, 7) is 4.94. The van der Waals surface area contributed by atoms with Crippen molar-refractivity contribution < 1.29 is 14.1 Å². The minimum atomic E-state index is -0.00432. The van der Waals surface area contributed by atoms with Crippen molar-refractivity contribution in [3.63, 3.8) is 0 Å². The molecule has 4 nitrogen and oxygen atoms in total. The summed E-state index contributed by atoms with van der Waals surface area (Å²) in [5.74, 6) is 1.36. The molecule has 1 unspecified atom stereocenters. The Morgan fingerprint density at radius 2 is 1.76 bits per heavy atom. The van der Waals surface area contributed by atoms with Crippen LogP contribution in [0.4, 0.5) is 0 Å². The van der Waals surface area contributed by atoms with Crippen LogP contribution in [0.25, 0.3) is 0 Å². The smallest absolute Gasteiger partial charge is 0.408 e. The van der Waals surface area contributed by atoms with Gasteiger partial charge in [0.15, 0.2) is 0 Å². The average molecular weight is 468 g/mol. The number of fused-ring (bicyclic) bond motifs is 2. The number of hydrogen-bond donors (Lipinski definition) is 1. The van der Waals surface area contributed by atoms with Gasteiger partial charge in [-0.05, 0) is 69.2 Å². The highest BCUT2D eigenvalue weighted by Gasteiger charge is 2.49. The van der Waals surface area contributed by atoms with Gasteiger partial charge in [0, 0.05) is 25.2 Å². The molecule has 2 aliphatic rings. The van der Waals surface area contributed by atoms with Crippen LogP contribution in [0.3, 0.4) is 0 Å². The second-order valence-corrected chi connectivity index (χ2v) is 10.1. The number of amides is 1. The van der Waals surface area contributed by atoms with Crippen LogP contribution >= 0.6 is 0 Å². The van der Waals surface area contributed by atoms with Gasteiger partial charge in [0.05, 0.1) is 0 Å². The second-order valence-electron chi connectivity index (χ2n) is 10.1. The minimum Gasteiger partial charge on any atom is -0.408 e. The predicted octanol–water partition coefficient (Wildman–Crippen LogP) is 6.75. The summed E-state index contributed by atoms with van der Waals surface area (Å²) < 4.78 is 12.9. The number of unbranched alkanes of at least 4 members (excludes halogenated alkanes) is 4. The van der Waals surface area contributed by atoms with Gasteiger partial charge < -0.3 is 14.6 Å². The molecule has 0 radical (unpaired) electrons. The Labute approximate surface area is 208 Å². The summed E-state index contributed by atoms with van der Waals surface area (Å²) in [6.07, 6.45) is 19.6. The SMILES string of the molecule is CCCCB1OC2C[C@H](O1)[C@H](CCCCCCC(=O)NCC)[C@H]2C/C=C/CCc1ccccc1. The lowest BCUT2D eigenvalue weighted by molar-refractivity contribution is -0.121. The third kappa shape index (κ3) is 8.89. The van der Waals surface area contributed by atoms with Crippen molar-refractivity contribution in [1.29, 1.82) is 0 Å². The van der Waals surface area contributed by atoms with Gasteiger partial charge >= 0.3 is 7.12 Å². The highest BCUT2D eigenvalue weighted by Crippen LogP contribution is 2.45. The first-order valence-corrected chi connectivity index (χ1v) is 14.0. The van der Waals surface area contributed by atoms with Gasteiger partial charge in [-0.15, -0.1) is 0 Å². The molecule has 0 spiro atoms. The average Bonchev–Trinajstić information content (AvgIpc) is 3.09. The van der Waals surface area contributed by atoms with E-state index in [-0.39, 0.29) is 13.0 Å². The van der Waals surface area contributed by atoms with Gasteiger partial charge in [-0.2, -0.15) is 0 Å². The third-order valence-corrected chi connectivity index (χ3v) is 7.50. The number of aryl methyl sites for hydroxylation is 1. The summed E-state index contributed by atoms with van der Waals surface area (Å²) in [4.78, 5) is 11.6. The molecule has 1 aromatic carbocycles. The zero-order valence-electron chi connectivity index (χ0n) is 21.6. The van der Waals surface area contributed by atoms with Gasteiger partial charge in [0.25, 0.3) is 0 Å². The molecule has 1 saturated heterocycles. The van der Waals surface area contributed by atoms with Crippen molar-refractivity contribution in [2.45, 2.75) is 109 Å². The van der Waals surface area contributed by atoms with Gasteiger partial charge in [-0.3, -0.25) is 4.79 Å². The number of nitrogens with one attached hydrogen (secondary N) is 1. The van der Waals surface area contributed by atoms with E-state index in [1.807, 2.05) is 6.92 Å². The van der Waals surface area contributed by atoms with Crippen LogP contribution in [-0.4, -0.2) is 31.8 Å². The maximum Gasteiger partial charge on any atom is 0.457 e. The molecule has 1 aromatic rings. The van der Waals surface area contributed by atoms with Crippen LogP contribution in [0.1, 0.15) is 90.0 Å². The largest absolute Gasteiger partial charge is 0.457 e. The molecule has 2 fully saturated rings. The summed E-state index contributed by atoms with van der Waals surface area (Å²) >= 11 is 0. The molecule has 34 heavy (non-hydrogen) atoms. The number of carbonyl (C=O) groups is 1. The molecular formula is C29H46BNO3. The number of carbonyl (C=O) groups excluding carboxylic acids is 1. The molecule has 1 aliphatic carbocycles. The van der Waals surface area contributed by atoms with Crippen molar-refractivity contribution in [3.8, 4) is 0 Å². The van der Waals surface area contributed by atoms with Gasteiger partial charge in [0.2, 0.25) is 5.91 Å². The molecule has 188 valence electrons.